The summed E-state index contributed by atoms with van der Waals surface area (Å²) in [6, 6.07) is 12.7. The lowest BCUT2D eigenvalue weighted by atomic mass is 10.1. The molecule has 7 nitrogen and oxygen atoms in total. The second-order valence-electron chi connectivity index (χ2n) is 6.59. The van der Waals surface area contributed by atoms with Crippen molar-refractivity contribution in [1.82, 2.24) is 4.72 Å². The molecule has 1 fully saturated rings. The lowest BCUT2D eigenvalue weighted by molar-refractivity contribution is -0.119. The molecule has 1 heterocycles. The fourth-order valence-electron chi connectivity index (χ4n) is 2.93. The fraction of sp³-hybridized carbons (Fsp3) is 0.278. The molecule has 0 radical (unpaired) electrons. The highest BCUT2D eigenvalue weighted by Gasteiger charge is 2.41. The van der Waals surface area contributed by atoms with Gasteiger partial charge in [0.2, 0.25) is 26.0 Å². The van der Waals surface area contributed by atoms with Crippen LogP contribution in [0.4, 0.5) is 5.69 Å². The van der Waals surface area contributed by atoms with Crippen molar-refractivity contribution in [3.05, 3.63) is 59.7 Å². The Morgan fingerprint density at radius 3 is 2.37 bits per heavy atom. The van der Waals surface area contributed by atoms with Crippen molar-refractivity contribution in [2.45, 2.75) is 25.3 Å². The van der Waals surface area contributed by atoms with Gasteiger partial charge in [-0.3, -0.25) is 4.79 Å². The Morgan fingerprint density at radius 2 is 1.81 bits per heavy atom. The number of carbonyl (C=O) groups is 1. The summed E-state index contributed by atoms with van der Waals surface area (Å²) in [4.78, 5) is 12.1. The third-order valence-corrected chi connectivity index (χ3v) is 7.58. The monoisotopic (exact) mass is 408 g/mol. The molecule has 0 saturated carbocycles. The molecule has 0 aromatic heterocycles. The van der Waals surface area contributed by atoms with E-state index in [2.05, 4.69) is 4.72 Å². The SMILES string of the molecule is Cc1cccc(CNS(=O)(=O)c2ccc(N3C(=O)[C@H](C)CS3(=O)=O)cc2)c1. The Balaban J connectivity index is 1.79. The summed E-state index contributed by atoms with van der Waals surface area (Å²) >= 11 is 0. The van der Waals surface area contributed by atoms with Crippen LogP contribution < -0.4 is 9.03 Å². The van der Waals surface area contributed by atoms with Crippen LogP contribution in [0.1, 0.15) is 18.1 Å². The van der Waals surface area contributed by atoms with Crippen LogP contribution in [0.5, 0.6) is 0 Å². The summed E-state index contributed by atoms with van der Waals surface area (Å²) in [5.41, 5.74) is 2.00. The Hall–Kier alpha value is -2.23. The van der Waals surface area contributed by atoms with Crippen molar-refractivity contribution in [2.24, 2.45) is 5.92 Å². The van der Waals surface area contributed by atoms with Crippen LogP contribution in [0.2, 0.25) is 0 Å². The molecule has 1 amide bonds. The van der Waals surface area contributed by atoms with Gasteiger partial charge in [0.25, 0.3) is 0 Å². The summed E-state index contributed by atoms with van der Waals surface area (Å²) in [5, 5.41) is 0. The number of nitrogens with one attached hydrogen (secondary N) is 1. The second kappa shape index (κ2) is 7.06. The molecule has 3 rings (SSSR count). The van der Waals surface area contributed by atoms with Gasteiger partial charge in [0.15, 0.2) is 0 Å². The molecular weight excluding hydrogens is 388 g/mol. The van der Waals surface area contributed by atoms with Crippen LogP contribution in [-0.4, -0.2) is 28.5 Å². The molecule has 1 saturated heterocycles. The summed E-state index contributed by atoms with van der Waals surface area (Å²) in [6.07, 6.45) is 0. The van der Waals surface area contributed by atoms with Crippen LogP contribution in [-0.2, 0) is 31.4 Å². The van der Waals surface area contributed by atoms with E-state index in [-0.39, 0.29) is 22.9 Å². The Bertz CT molecular complexity index is 1080. The summed E-state index contributed by atoms with van der Waals surface area (Å²) in [7, 11) is -7.49. The van der Waals surface area contributed by atoms with E-state index >= 15 is 0 Å². The first-order chi connectivity index (χ1) is 12.6. The predicted octanol–water partition coefficient (Wildman–Crippen LogP) is 1.79. The van der Waals surface area contributed by atoms with E-state index in [0.29, 0.717) is 0 Å². The van der Waals surface area contributed by atoms with Gasteiger partial charge in [0, 0.05) is 6.54 Å². The minimum Gasteiger partial charge on any atom is -0.273 e. The average molecular weight is 409 g/mol. The van der Waals surface area contributed by atoms with E-state index in [0.717, 1.165) is 15.4 Å². The number of aryl methyl sites for hydroxylation is 1. The van der Waals surface area contributed by atoms with Gasteiger partial charge in [0.1, 0.15) is 0 Å². The Morgan fingerprint density at radius 1 is 1.15 bits per heavy atom. The van der Waals surface area contributed by atoms with Crippen molar-refractivity contribution < 1.29 is 21.6 Å². The maximum Gasteiger partial charge on any atom is 0.244 e. The smallest absolute Gasteiger partial charge is 0.244 e. The lowest BCUT2D eigenvalue weighted by Crippen LogP contribution is -2.30. The number of nitrogens with zero attached hydrogens (tertiary/aromatic N) is 1. The standard InChI is InChI=1S/C18H20N2O5S2/c1-13-4-3-5-15(10-13)11-19-27(24,25)17-8-6-16(7-9-17)20-18(21)14(2)12-26(20,22)23/h3-10,14,19H,11-12H2,1-2H3/t14-/m1/s1. The van der Waals surface area contributed by atoms with Gasteiger partial charge in [0.05, 0.1) is 22.3 Å². The van der Waals surface area contributed by atoms with E-state index in [4.69, 9.17) is 0 Å². The first-order valence-corrected chi connectivity index (χ1v) is 11.4. The predicted molar refractivity (Wildman–Crippen MR) is 102 cm³/mol. The summed E-state index contributed by atoms with van der Waals surface area (Å²) < 4.78 is 52.4. The van der Waals surface area contributed by atoms with Crippen LogP contribution in [0.15, 0.2) is 53.4 Å². The van der Waals surface area contributed by atoms with Gasteiger partial charge in [-0.25, -0.2) is 25.9 Å². The van der Waals surface area contributed by atoms with Gasteiger partial charge in [-0.1, -0.05) is 36.8 Å². The zero-order valence-corrected chi connectivity index (χ0v) is 16.5. The van der Waals surface area contributed by atoms with Crippen molar-refractivity contribution in [2.75, 3.05) is 10.1 Å². The number of anilines is 1. The van der Waals surface area contributed by atoms with Crippen molar-refractivity contribution in [3.8, 4) is 0 Å². The minimum absolute atomic E-state index is 0.00371. The molecule has 2 aromatic rings. The number of benzene rings is 2. The van der Waals surface area contributed by atoms with E-state index in [1.54, 1.807) is 6.92 Å². The Labute approximate surface area is 159 Å². The zero-order chi connectivity index (χ0) is 19.8. The number of sulfonamides is 2. The van der Waals surface area contributed by atoms with Crippen LogP contribution in [0.3, 0.4) is 0 Å². The average Bonchev–Trinajstić information content (AvgIpc) is 2.80. The number of hydrogen-bond acceptors (Lipinski definition) is 5. The van der Waals surface area contributed by atoms with Gasteiger partial charge >= 0.3 is 0 Å². The first kappa shape index (κ1) is 19.5. The Kier molecular flexibility index (Phi) is 5.11. The third-order valence-electron chi connectivity index (χ3n) is 4.29. The molecule has 0 aliphatic carbocycles. The third kappa shape index (κ3) is 4.05. The quantitative estimate of drug-likeness (QED) is 0.813. The van der Waals surface area contributed by atoms with Crippen molar-refractivity contribution >= 4 is 31.6 Å². The summed E-state index contributed by atoms with van der Waals surface area (Å²) in [5.74, 6) is -1.37. The molecular formula is C18H20N2O5S2. The topological polar surface area (TPSA) is 101 Å². The molecule has 1 aliphatic rings. The summed E-state index contributed by atoms with van der Waals surface area (Å²) in [6.45, 7) is 3.61. The van der Waals surface area contributed by atoms with Gasteiger partial charge in [-0.15, -0.1) is 0 Å². The van der Waals surface area contributed by atoms with Gasteiger partial charge in [-0.2, -0.15) is 0 Å². The maximum absolute atomic E-state index is 12.5. The molecule has 1 N–H and O–H groups in total. The van der Waals surface area contributed by atoms with Crippen LogP contribution in [0.25, 0.3) is 0 Å². The number of rotatable bonds is 5. The van der Waals surface area contributed by atoms with Crippen LogP contribution >= 0.6 is 0 Å². The molecule has 2 aromatic carbocycles. The molecule has 9 heteroatoms. The van der Waals surface area contributed by atoms with E-state index in [1.165, 1.54) is 24.3 Å². The van der Waals surface area contributed by atoms with E-state index in [1.807, 2.05) is 31.2 Å². The second-order valence-corrected chi connectivity index (χ2v) is 10.2. The van der Waals surface area contributed by atoms with E-state index in [9.17, 15) is 21.6 Å². The first-order valence-electron chi connectivity index (χ1n) is 8.32. The molecule has 0 spiro atoms. The lowest BCUT2D eigenvalue weighted by Gasteiger charge is -2.15. The maximum atomic E-state index is 12.5. The number of carbonyl (C=O) groups excluding carboxylic acids is 1. The zero-order valence-electron chi connectivity index (χ0n) is 14.9. The minimum atomic E-state index is -3.77. The van der Waals surface area contributed by atoms with Crippen molar-refractivity contribution in [3.63, 3.8) is 0 Å². The molecule has 144 valence electrons. The molecule has 0 unspecified atom stereocenters. The largest absolute Gasteiger partial charge is 0.273 e. The van der Waals surface area contributed by atoms with Crippen molar-refractivity contribution in [1.29, 1.82) is 0 Å². The molecule has 1 aliphatic heterocycles. The normalized spacial score (nSPS) is 19.4. The van der Waals surface area contributed by atoms with Gasteiger partial charge < -0.3 is 0 Å². The highest BCUT2D eigenvalue weighted by atomic mass is 32.2. The highest BCUT2D eigenvalue weighted by Crippen LogP contribution is 2.28. The fourth-order valence-corrected chi connectivity index (χ4v) is 5.77. The molecule has 27 heavy (non-hydrogen) atoms. The molecule has 0 bridgehead atoms. The highest BCUT2D eigenvalue weighted by molar-refractivity contribution is 7.94. The van der Waals surface area contributed by atoms with E-state index < -0.39 is 31.9 Å². The number of amides is 1. The molecule has 1 atom stereocenters. The number of hydrogen-bond donors (Lipinski definition) is 1. The van der Waals surface area contributed by atoms with Crippen LogP contribution in [0, 0.1) is 12.8 Å². The van der Waals surface area contributed by atoms with Gasteiger partial charge in [-0.05, 0) is 36.8 Å².